The zero-order valence-corrected chi connectivity index (χ0v) is 9.80. The van der Waals surface area contributed by atoms with Crippen LogP contribution in [0.25, 0.3) is 0 Å². The van der Waals surface area contributed by atoms with Crippen LogP contribution < -0.4 is 10.2 Å². The van der Waals surface area contributed by atoms with Crippen molar-refractivity contribution in [1.82, 2.24) is 10.3 Å². The number of carbonyl (C=O) groups is 2. The fourth-order valence-corrected chi connectivity index (χ4v) is 1.17. The lowest BCUT2D eigenvalue weighted by molar-refractivity contribution is -0.136. The van der Waals surface area contributed by atoms with Gasteiger partial charge < -0.3 is 15.3 Å². The highest BCUT2D eigenvalue weighted by molar-refractivity contribution is 5.94. The lowest BCUT2D eigenvalue weighted by Crippen LogP contribution is -2.26. The Kier molecular flexibility index (Phi) is 4.45. The van der Waals surface area contributed by atoms with Crippen molar-refractivity contribution in [3.05, 3.63) is 23.9 Å². The lowest BCUT2D eigenvalue weighted by Gasteiger charge is -2.11. The van der Waals surface area contributed by atoms with Crippen LogP contribution >= 0.6 is 0 Å². The van der Waals surface area contributed by atoms with E-state index in [1.165, 1.54) is 6.20 Å². The van der Waals surface area contributed by atoms with E-state index in [9.17, 15) is 9.59 Å². The first-order valence-corrected chi connectivity index (χ1v) is 5.14. The van der Waals surface area contributed by atoms with Crippen molar-refractivity contribution >= 4 is 17.7 Å². The Balaban J connectivity index is 2.54. The molecule has 0 fully saturated rings. The van der Waals surface area contributed by atoms with E-state index in [0.29, 0.717) is 5.56 Å². The third-order valence-electron chi connectivity index (χ3n) is 2.09. The van der Waals surface area contributed by atoms with Gasteiger partial charge in [-0.3, -0.25) is 9.59 Å². The Morgan fingerprint density at radius 1 is 1.41 bits per heavy atom. The summed E-state index contributed by atoms with van der Waals surface area (Å²) in [5.41, 5.74) is 0.418. The van der Waals surface area contributed by atoms with Gasteiger partial charge in [-0.15, -0.1) is 0 Å². The Labute approximate surface area is 99.3 Å². The molecule has 0 aliphatic carbocycles. The molecule has 1 aromatic rings. The van der Waals surface area contributed by atoms with Gasteiger partial charge in [0.15, 0.2) is 0 Å². The molecule has 1 aromatic heterocycles. The summed E-state index contributed by atoms with van der Waals surface area (Å²) >= 11 is 0. The van der Waals surface area contributed by atoms with Crippen molar-refractivity contribution in [2.45, 2.75) is 6.42 Å². The molecule has 1 heterocycles. The van der Waals surface area contributed by atoms with E-state index < -0.39 is 5.97 Å². The zero-order valence-electron chi connectivity index (χ0n) is 9.80. The Morgan fingerprint density at radius 2 is 2.12 bits per heavy atom. The predicted octanol–water partition coefficient (Wildman–Crippen LogP) is 0.352. The van der Waals surface area contributed by atoms with Crippen LogP contribution in [0.5, 0.6) is 0 Å². The van der Waals surface area contributed by atoms with Gasteiger partial charge in [0.1, 0.15) is 5.82 Å². The van der Waals surface area contributed by atoms with Gasteiger partial charge in [0.05, 0.1) is 12.0 Å². The number of amides is 1. The van der Waals surface area contributed by atoms with Crippen LogP contribution in [0.1, 0.15) is 16.8 Å². The second-order valence-corrected chi connectivity index (χ2v) is 3.70. The molecule has 0 bridgehead atoms. The first kappa shape index (κ1) is 13.0. The SMILES string of the molecule is CN(C)c1ccc(C(=O)NCCC(=O)O)cn1. The average molecular weight is 237 g/mol. The molecule has 0 spiro atoms. The minimum atomic E-state index is -0.939. The maximum Gasteiger partial charge on any atom is 0.305 e. The Hall–Kier alpha value is -2.11. The molecule has 0 atom stereocenters. The fourth-order valence-electron chi connectivity index (χ4n) is 1.17. The van der Waals surface area contributed by atoms with Crippen molar-refractivity contribution in [3.8, 4) is 0 Å². The number of hydrogen-bond donors (Lipinski definition) is 2. The van der Waals surface area contributed by atoms with Crippen LogP contribution in [0, 0.1) is 0 Å². The number of hydrogen-bond acceptors (Lipinski definition) is 4. The number of nitrogens with one attached hydrogen (secondary N) is 1. The van der Waals surface area contributed by atoms with Crippen LogP contribution in [0.4, 0.5) is 5.82 Å². The van der Waals surface area contributed by atoms with Crippen molar-refractivity contribution in [2.75, 3.05) is 25.5 Å². The highest BCUT2D eigenvalue weighted by Crippen LogP contribution is 2.07. The van der Waals surface area contributed by atoms with Gasteiger partial charge in [-0.2, -0.15) is 0 Å². The fraction of sp³-hybridized carbons (Fsp3) is 0.364. The summed E-state index contributed by atoms with van der Waals surface area (Å²) in [6.45, 7) is 0.115. The van der Waals surface area contributed by atoms with Crippen molar-refractivity contribution in [2.24, 2.45) is 0 Å². The van der Waals surface area contributed by atoms with Crippen LogP contribution in [0.3, 0.4) is 0 Å². The standard InChI is InChI=1S/C11H15N3O3/c1-14(2)9-4-3-8(7-13-9)11(17)12-6-5-10(15)16/h3-4,7H,5-6H2,1-2H3,(H,12,17)(H,15,16). The molecule has 2 N–H and O–H groups in total. The maximum absolute atomic E-state index is 11.5. The summed E-state index contributed by atoms with van der Waals surface area (Å²) in [5.74, 6) is -0.498. The largest absolute Gasteiger partial charge is 0.481 e. The lowest BCUT2D eigenvalue weighted by atomic mass is 10.2. The average Bonchev–Trinajstić information content (AvgIpc) is 2.28. The molecule has 0 aliphatic rings. The van der Waals surface area contributed by atoms with Crippen LogP contribution in [0.2, 0.25) is 0 Å². The molecular weight excluding hydrogens is 222 g/mol. The molecule has 17 heavy (non-hydrogen) atoms. The molecular formula is C11H15N3O3. The van der Waals surface area contributed by atoms with Crippen molar-refractivity contribution < 1.29 is 14.7 Å². The third kappa shape index (κ3) is 4.10. The quantitative estimate of drug-likeness (QED) is 0.772. The zero-order chi connectivity index (χ0) is 12.8. The smallest absolute Gasteiger partial charge is 0.305 e. The van der Waals surface area contributed by atoms with Gasteiger partial charge in [-0.05, 0) is 12.1 Å². The summed E-state index contributed by atoms with van der Waals surface area (Å²) in [7, 11) is 3.71. The van der Waals surface area contributed by atoms with Crippen molar-refractivity contribution in [1.29, 1.82) is 0 Å². The minimum Gasteiger partial charge on any atom is -0.481 e. The summed E-state index contributed by atoms with van der Waals surface area (Å²) in [6.07, 6.45) is 1.38. The molecule has 0 aliphatic heterocycles. The summed E-state index contributed by atoms with van der Waals surface area (Å²) in [5, 5.41) is 10.9. The van der Waals surface area contributed by atoms with E-state index in [-0.39, 0.29) is 18.9 Å². The molecule has 0 unspecified atom stereocenters. The van der Waals surface area contributed by atoms with E-state index >= 15 is 0 Å². The number of nitrogens with zero attached hydrogens (tertiary/aromatic N) is 2. The Bertz CT molecular complexity index is 401. The van der Waals surface area contributed by atoms with Gasteiger partial charge in [-0.25, -0.2) is 4.98 Å². The normalized spacial score (nSPS) is 9.76. The monoisotopic (exact) mass is 237 g/mol. The summed E-state index contributed by atoms with van der Waals surface area (Å²) in [4.78, 5) is 27.7. The number of pyridine rings is 1. The number of carboxylic acid groups (broad SMARTS) is 1. The van der Waals surface area contributed by atoms with Crippen LogP contribution in [0.15, 0.2) is 18.3 Å². The first-order valence-electron chi connectivity index (χ1n) is 5.14. The third-order valence-corrected chi connectivity index (χ3v) is 2.09. The molecule has 1 rings (SSSR count). The number of rotatable bonds is 5. The minimum absolute atomic E-state index is 0.0883. The molecule has 6 heteroatoms. The number of carboxylic acids is 1. The van der Waals surface area contributed by atoms with Crippen LogP contribution in [-0.4, -0.2) is 42.6 Å². The highest BCUT2D eigenvalue weighted by atomic mass is 16.4. The number of anilines is 1. The van der Waals surface area contributed by atoms with Crippen molar-refractivity contribution in [3.63, 3.8) is 0 Å². The van der Waals surface area contributed by atoms with E-state index in [1.54, 1.807) is 12.1 Å². The topological polar surface area (TPSA) is 82.5 Å². The maximum atomic E-state index is 11.5. The summed E-state index contributed by atoms with van der Waals surface area (Å²) < 4.78 is 0. The van der Waals surface area contributed by atoms with Gasteiger partial charge >= 0.3 is 5.97 Å². The molecule has 0 saturated heterocycles. The van der Waals surface area contributed by atoms with Gasteiger partial charge in [0.25, 0.3) is 5.91 Å². The molecule has 0 saturated carbocycles. The number of aromatic nitrogens is 1. The molecule has 6 nitrogen and oxygen atoms in total. The molecule has 0 radical (unpaired) electrons. The highest BCUT2D eigenvalue weighted by Gasteiger charge is 2.06. The second kappa shape index (κ2) is 5.83. The van der Waals surface area contributed by atoms with Gasteiger partial charge in [0, 0.05) is 26.8 Å². The molecule has 0 aromatic carbocycles. The second-order valence-electron chi connectivity index (χ2n) is 3.70. The van der Waals surface area contributed by atoms with E-state index in [2.05, 4.69) is 10.3 Å². The van der Waals surface area contributed by atoms with Gasteiger partial charge in [0.2, 0.25) is 0 Å². The predicted molar refractivity (Wildman–Crippen MR) is 63.2 cm³/mol. The Morgan fingerprint density at radius 3 is 2.59 bits per heavy atom. The number of aliphatic carboxylic acids is 1. The van der Waals surface area contributed by atoms with E-state index in [1.807, 2.05) is 19.0 Å². The van der Waals surface area contributed by atoms with Gasteiger partial charge in [-0.1, -0.05) is 0 Å². The first-order chi connectivity index (χ1) is 8.00. The number of carbonyl (C=O) groups excluding carboxylic acids is 1. The summed E-state index contributed by atoms with van der Waals surface area (Å²) in [6, 6.07) is 3.38. The molecule has 1 amide bonds. The van der Waals surface area contributed by atoms with E-state index in [4.69, 9.17) is 5.11 Å². The molecule has 92 valence electrons. The van der Waals surface area contributed by atoms with E-state index in [0.717, 1.165) is 5.82 Å². The van der Waals surface area contributed by atoms with Crippen LogP contribution in [-0.2, 0) is 4.79 Å².